The van der Waals surface area contributed by atoms with Crippen LogP contribution in [0.15, 0.2) is 4.42 Å². The fraction of sp³-hybridized carbons (Fsp3) is 0.714. The minimum Gasteiger partial charge on any atom is -0.465 e. The standard InChI is InChI=1S/C14H20N2O/c15-10-5-7-16-8-6-12-13(14(10)16)9-3-1-2-4-11(9)17-12/h10,14H,1-8,15H2. The first-order chi connectivity index (χ1) is 8.34. The van der Waals surface area contributed by atoms with Crippen molar-refractivity contribution in [2.75, 3.05) is 13.1 Å². The third-order valence-corrected chi connectivity index (χ3v) is 4.76. The second-order valence-corrected chi connectivity index (χ2v) is 5.73. The lowest BCUT2D eigenvalue weighted by Crippen LogP contribution is -2.37. The third-order valence-electron chi connectivity index (χ3n) is 4.76. The number of hydrogen-bond acceptors (Lipinski definition) is 3. The van der Waals surface area contributed by atoms with Gasteiger partial charge in [-0.05, 0) is 31.2 Å². The van der Waals surface area contributed by atoms with E-state index in [4.69, 9.17) is 10.2 Å². The van der Waals surface area contributed by atoms with Gasteiger partial charge in [0.05, 0.1) is 6.04 Å². The number of nitrogens with zero attached hydrogens (tertiary/aromatic N) is 1. The van der Waals surface area contributed by atoms with E-state index in [0.29, 0.717) is 12.1 Å². The van der Waals surface area contributed by atoms with Crippen LogP contribution in [0.25, 0.3) is 0 Å². The monoisotopic (exact) mass is 232 g/mol. The summed E-state index contributed by atoms with van der Waals surface area (Å²) in [5.74, 6) is 2.54. The van der Waals surface area contributed by atoms with E-state index in [1.165, 1.54) is 48.5 Å². The molecule has 3 heteroatoms. The van der Waals surface area contributed by atoms with Gasteiger partial charge in [0.15, 0.2) is 0 Å². The van der Waals surface area contributed by atoms with Gasteiger partial charge >= 0.3 is 0 Å². The van der Waals surface area contributed by atoms with E-state index in [1.54, 1.807) is 0 Å². The van der Waals surface area contributed by atoms with Gasteiger partial charge < -0.3 is 10.2 Å². The molecule has 1 aliphatic carbocycles. The molecule has 0 aromatic carbocycles. The molecule has 2 N–H and O–H groups in total. The van der Waals surface area contributed by atoms with Crippen molar-refractivity contribution in [2.24, 2.45) is 5.73 Å². The topological polar surface area (TPSA) is 42.4 Å². The van der Waals surface area contributed by atoms with Gasteiger partial charge in [0.1, 0.15) is 11.5 Å². The van der Waals surface area contributed by atoms with Crippen molar-refractivity contribution in [3.8, 4) is 0 Å². The Balaban J connectivity index is 1.85. The maximum absolute atomic E-state index is 6.31. The van der Waals surface area contributed by atoms with Crippen LogP contribution < -0.4 is 5.73 Å². The smallest absolute Gasteiger partial charge is 0.110 e. The summed E-state index contributed by atoms with van der Waals surface area (Å²) in [5.41, 5.74) is 9.34. The first-order valence-electron chi connectivity index (χ1n) is 6.97. The van der Waals surface area contributed by atoms with Crippen molar-refractivity contribution in [1.29, 1.82) is 0 Å². The number of rotatable bonds is 0. The normalized spacial score (nSPS) is 32.1. The lowest BCUT2D eigenvalue weighted by atomic mass is 9.87. The fourth-order valence-electron chi connectivity index (χ4n) is 3.95. The first-order valence-corrected chi connectivity index (χ1v) is 6.97. The van der Waals surface area contributed by atoms with Crippen molar-refractivity contribution >= 4 is 0 Å². The number of fused-ring (bicyclic) bond motifs is 5. The summed E-state index contributed by atoms with van der Waals surface area (Å²) in [7, 11) is 0. The lowest BCUT2D eigenvalue weighted by molar-refractivity contribution is 0.221. The Labute approximate surface area is 102 Å². The lowest BCUT2D eigenvalue weighted by Gasteiger charge is -2.31. The van der Waals surface area contributed by atoms with Crippen LogP contribution in [0.4, 0.5) is 0 Å². The van der Waals surface area contributed by atoms with Gasteiger partial charge in [-0.2, -0.15) is 0 Å². The quantitative estimate of drug-likeness (QED) is 0.741. The molecule has 17 heavy (non-hydrogen) atoms. The van der Waals surface area contributed by atoms with Gasteiger partial charge in [-0.1, -0.05) is 0 Å². The highest BCUT2D eigenvalue weighted by Crippen LogP contribution is 2.43. The highest BCUT2D eigenvalue weighted by Gasteiger charge is 2.41. The van der Waals surface area contributed by atoms with Gasteiger partial charge in [-0.3, -0.25) is 4.90 Å². The number of hydrogen-bond donors (Lipinski definition) is 1. The molecule has 1 aromatic heterocycles. The second kappa shape index (κ2) is 3.59. The van der Waals surface area contributed by atoms with Crippen LogP contribution in [0.1, 0.15) is 48.0 Å². The van der Waals surface area contributed by atoms with Crippen molar-refractivity contribution in [2.45, 2.75) is 50.6 Å². The number of nitrogens with two attached hydrogens (primary N) is 1. The molecule has 2 atom stereocenters. The molecule has 0 amide bonds. The van der Waals surface area contributed by atoms with E-state index in [1.807, 2.05) is 0 Å². The molecule has 4 rings (SSSR count). The fourth-order valence-corrected chi connectivity index (χ4v) is 3.95. The Morgan fingerprint density at radius 3 is 2.88 bits per heavy atom. The highest BCUT2D eigenvalue weighted by molar-refractivity contribution is 5.41. The summed E-state index contributed by atoms with van der Waals surface area (Å²) in [5, 5.41) is 0. The van der Waals surface area contributed by atoms with Gasteiger partial charge in [0.25, 0.3) is 0 Å². The van der Waals surface area contributed by atoms with E-state index in [2.05, 4.69) is 4.90 Å². The van der Waals surface area contributed by atoms with Crippen molar-refractivity contribution in [1.82, 2.24) is 4.90 Å². The summed E-state index contributed by atoms with van der Waals surface area (Å²) in [6.07, 6.45) is 7.20. The molecular formula is C14H20N2O. The Morgan fingerprint density at radius 2 is 1.94 bits per heavy atom. The van der Waals surface area contributed by atoms with Crippen LogP contribution in [0.3, 0.4) is 0 Å². The van der Waals surface area contributed by atoms with Crippen LogP contribution in [0, 0.1) is 0 Å². The SMILES string of the molecule is NC1CCN2CCc3oc4c(c3C12)CCCC4. The minimum atomic E-state index is 0.317. The maximum Gasteiger partial charge on any atom is 0.110 e. The molecule has 3 aliphatic rings. The molecule has 0 radical (unpaired) electrons. The third kappa shape index (κ3) is 1.36. The first kappa shape index (κ1) is 10.2. The Morgan fingerprint density at radius 1 is 1.06 bits per heavy atom. The number of furan rings is 1. The van der Waals surface area contributed by atoms with E-state index in [-0.39, 0.29) is 0 Å². The van der Waals surface area contributed by atoms with E-state index in [9.17, 15) is 0 Å². The summed E-state index contributed by atoms with van der Waals surface area (Å²) in [6.45, 7) is 2.31. The van der Waals surface area contributed by atoms with E-state index >= 15 is 0 Å². The largest absolute Gasteiger partial charge is 0.465 e. The molecule has 3 nitrogen and oxygen atoms in total. The molecular weight excluding hydrogens is 212 g/mol. The molecule has 0 saturated carbocycles. The molecule has 1 fully saturated rings. The molecule has 92 valence electrons. The van der Waals surface area contributed by atoms with Crippen molar-refractivity contribution in [3.63, 3.8) is 0 Å². The van der Waals surface area contributed by atoms with Gasteiger partial charge in [-0.25, -0.2) is 0 Å². The van der Waals surface area contributed by atoms with Crippen LogP contribution in [0.5, 0.6) is 0 Å². The van der Waals surface area contributed by atoms with Crippen molar-refractivity contribution < 1.29 is 4.42 Å². The molecule has 1 saturated heterocycles. The predicted octanol–water partition coefficient (Wildman–Crippen LogP) is 1.79. The zero-order valence-corrected chi connectivity index (χ0v) is 10.2. The molecule has 0 spiro atoms. The Kier molecular flexibility index (Phi) is 2.15. The van der Waals surface area contributed by atoms with Crippen LogP contribution >= 0.6 is 0 Å². The molecule has 2 aliphatic heterocycles. The van der Waals surface area contributed by atoms with E-state index in [0.717, 1.165) is 25.8 Å². The Hall–Kier alpha value is -0.800. The maximum atomic E-state index is 6.31. The zero-order chi connectivity index (χ0) is 11.4. The van der Waals surface area contributed by atoms with Crippen LogP contribution in [-0.2, 0) is 19.3 Å². The van der Waals surface area contributed by atoms with Crippen LogP contribution in [0.2, 0.25) is 0 Å². The predicted molar refractivity (Wildman–Crippen MR) is 66.0 cm³/mol. The van der Waals surface area contributed by atoms with Gasteiger partial charge in [-0.15, -0.1) is 0 Å². The molecule has 2 unspecified atom stereocenters. The molecule has 1 aromatic rings. The Bertz CT molecular complexity index is 451. The zero-order valence-electron chi connectivity index (χ0n) is 10.2. The molecule has 0 bridgehead atoms. The van der Waals surface area contributed by atoms with E-state index < -0.39 is 0 Å². The number of aryl methyl sites for hydroxylation is 1. The average Bonchev–Trinajstić information content (AvgIpc) is 2.90. The minimum absolute atomic E-state index is 0.317. The van der Waals surface area contributed by atoms with Crippen LogP contribution in [-0.4, -0.2) is 24.0 Å². The summed E-state index contributed by atoms with van der Waals surface area (Å²) < 4.78 is 6.10. The average molecular weight is 232 g/mol. The van der Waals surface area contributed by atoms with Gasteiger partial charge in [0, 0.05) is 37.5 Å². The summed E-state index contributed by atoms with van der Waals surface area (Å²) >= 11 is 0. The summed E-state index contributed by atoms with van der Waals surface area (Å²) in [6, 6.07) is 0.780. The van der Waals surface area contributed by atoms with Crippen molar-refractivity contribution in [3.05, 3.63) is 22.6 Å². The summed E-state index contributed by atoms with van der Waals surface area (Å²) in [4.78, 5) is 2.57. The van der Waals surface area contributed by atoms with Gasteiger partial charge in [0.2, 0.25) is 0 Å². The second-order valence-electron chi connectivity index (χ2n) is 5.73. The molecule has 3 heterocycles. The highest BCUT2D eigenvalue weighted by atomic mass is 16.3.